The van der Waals surface area contributed by atoms with Crippen LogP contribution < -0.4 is 10.1 Å². The predicted octanol–water partition coefficient (Wildman–Crippen LogP) is 4.23. The molecular formula is C18H22FNO. The number of ether oxygens (including phenoxy) is 1. The van der Waals surface area contributed by atoms with Gasteiger partial charge in [0, 0.05) is 12.1 Å². The van der Waals surface area contributed by atoms with Crippen LogP contribution >= 0.6 is 0 Å². The molecule has 2 aromatic carbocycles. The van der Waals surface area contributed by atoms with Gasteiger partial charge in [0.1, 0.15) is 11.6 Å². The highest BCUT2D eigenvalue weighted by Crippen LogP contribution is 2.36. The number of hydrogen-bond acceptors (Lipinski definition) is 2. The first-order valence-corrected chi connectivity index (χ1v) is 7.22. The molecule has 0 saturated heterocycles. The molecule has 2 aromatic rings. The van der Waals surface area contributed by atoms with Crippen LogP contribution in [0.1, 0.15) is 23.6 Å². The van der Waals surface area contributed by atoms with Crippen LogP contribution in [0.3, 0.4) is 0 Å². The van der Waals surface area contributed by atoms with Gasteiger partial charge in [0.2, 0.25) is 0 Å². The number of nitrogens with one attached hydrogen (secondary N) is 1. The zero-order valence-corrected chi connectivity index (χ0v) is 13.1. The highest BCUT2D eigenvalue weighted by Gasteiger charge is 2.14. The summed E-state index contributed by atoms with van der Waals surface area (Å²) in [5, 5.41) is 3.26. The summed E-state index contributed by atoms with van der Waals surface area (Å²) >= 11 is 0. The summed E-state index contributed by atoms with van der Waals surface area (Å²) in [6.45, 7) is 7.63. The smallest absolute Gasteiger partial charge is 0.129 e. The van der Waals surface area contributed by atoms with Gasteiger partial charge in [0.15, 0.2) is 0 Å². The van der Waals surface area contributed by atoms with Crippen LogP contribution in [0.2, 0.25) is 0 Å². The van der Waals surface area contributed by atoms with E-state index in [0.29, 0.717) is 6.54 Å². The van der Waals surface area contributed by atoms with Gasteiger partial charge in [-0.3, -0.25) is 0 Å². The van der Waals surface area contributed by atoms with Crippen molar-refractivity contribution in [2.45, 2.75) is 27.3 Å². The largest absolute Gasteiger partial charge is 0.496 e. The van der Waals surface area contributed by atoms with Crippen LogP contribution in [0.15, 0.2) is 30.3 Å². The molecule has 0 amide bonds. The number of halogens is 1. The van der Waals surface area contributed by atoms with Crippen LogP contribution in [-0.2, 0) is 6.54 Å². The zero-order valence-electron chi connectivity index (χ0n) is 13.1. The van der Waals surface area contributed by atoms with Gasteiger partial charge < -0.3 is 10.1 Å². The Kier molecular flexibility index (Phi) is 4.97. The molecule has 0 bridgehead atoms. The first-order valence-electron chi connectivity index (χ1n) is 7.22. The third-order valence-corrected chi connectivity index (χ3v) is 3.80. The second-order valence-electron chi connectivity index (χ2n) is 5.17. The lowest BCUT2D eigenvalue weighted by molar-refractivity contribution is 0.413. The molecule has 0 unspecified atom stereocenters. The van der Waals surface area contributed by atoms with Gasteiger partial charge in [0.25, 0.3) is 0 Å². The number of rotatable bonds is 5. The Labute approximate surface area is 126 Å². The van der Waals surface area contributed by atoms with E-state index in [-0.39, 0.29) is 5.82 Å². The molecule has 0 aliphatic carbocycles. The molecule has 3 heteroatoms. The van der Waals surface area contributed by atoms with E-state index in [1.807, 2.05) is 26.0 Å². The highest BCUT2D eigenvalue weighted by molar-refractivity contribution is 5.75. The van der Waals surface area contributed by atoms with Gasteiger partial charge >= 0.3 is 0 Å². The van der Waals surface area contributed by atoms with Gasteiger partial charge in [-0.05, 0) is 54.8 Å². The van der Waals surface area contributed by atoms with E-state index in [4.69, 9.17) is 4.74 Å². The van der Waals surface area contributed by atoms with Gasteiger partial charge in [0.05, 0.1) is 7.11 Å². The predicted molar refractivity (Wildman–Crippen MR) is 85.2 cm³/mol. The summed E-state index contributed by atoms with van der Waals surface area (Å²) < 4.78 is 19.1. The normalized spacial score (nSPS) is 10.7. The average molecular weight is 287 g/mol. The van der Waals surface area contributed by atoms with Gasteiger partial charge in [-0.2, -0.15) is 0 Å². The van der Waals surface area contributed by atoms with Gasteiger partial charge in [-0.25, -0.2) is 4.39 Å². The fraction of sp³-hybridized carbons (Fsp3) is 0.333. The Morgan fingerprint density at radius 2 is 1.81 bits per heavy atom. The van der Waals surface area contributed by atoms with Crippen LogP contribution in [0.4, 0.5) is 4.39 Å². The van der Waals surface area contributed by atoms with E-state index in [0.717, 1.165) is 34.5 Å². The average Bonchev–Trinajstić information content (AvgIpc) is 2.48. The lowest BCUT2D eigenvalue weighted by atomic mass is 9.95. The molecular weight excluding hydrogens is 265 g/mol. The summed E-state index contributed by atoms with van der Waals surface area (Å²) in [4.78, 5) is 0. The number of aryl methyl sites for hydroxylation is 1. The molecule has 0 aliphatic rings. The molecule has 21 heavy (non-hydrogen) atoms. The Morgan fingerprint density at radius 3 is 2.48 bits per heavy atom. The number of methoxy groups -OCH3 is 1. The molecule has 0 heterocycles. The van der Waals surface area contributed by atoms with Crippen molar-refractivity contribution in [3.63, 3.8) is 0 Å². The highest BCUT2D eigenvalue weighted by atomic mass is 19.1. The quantitative estimate of drug-likeness (QED) is 0.888. The molecule has 0 fully saturated rings. The SMILES string of the molecule is CCNCc1cc(F)ccc1-c1ccc(C)c(C)c1OC. The second-order valence-corrected chi connectivity index (χ2v) is 5.17. The lowest BCUT2D eigenvalue weighted by Crippen LogP contribution is -2.13. The van der Waals surface area contributed by atoms with Crippen LogP contribution in [0, 0.1) is 19.7 Å². The fourth-order valence-electron chi connectivity index (χ4n) is 2.50. The molecule has 0 aliphatic heterocycles. The Balaban J connectivity index is 2.58. The van der Waals surface area contributed by atoms with Crippen molar-refractivity contribution in [2.24, 2.45) is 0 Å². The Bertz CT molecular complexity index is 637. The molecule has 112 valence electrons. The van der Waals surface area contributed by atoms with Crippen molar-refractivity contribution < 1.29 is 9.13 Å². The van der Waals surface area contributed by atoms with Crippen LogP contribution in [-0.4, -0.2) is 13.7 Å². The fourth-order valence-corrected chi connectivity index (χ4v) is 2.50. The molecule has 0 radical (unpaired) electrons. The summed E-state index contributed by atoms with van der Waals surface area (Å²) in [6.07, 6.45) is 0. The number of hydrogen-bond donors (Lipinski definition) is 1. The Hall–Kier alpha value is -1.87. The first-order chi connectivity index (χ1) is 10.1. The third kappa shape index (κ3) is 3.24. The minimum absolute atomic E-state index is 0.213. The van der Waals surface area contributed by atoms with Gasteiger partial charge in [-0.1, -0.05) is 25.1 Å². The van der Waals surface area contributed by atoms with Crippen molar-refractivity contribution in [2.75, 3.05) is 13.7 Å². The summed E-state index contributed by atoms with van der Waals surface area (Å²) in [5.41, 5.74) is 5.27. The minimum Gasteiger partial charge on any atom is -0.496 e. The molecule has 0 saturated carbocycles. The standard InChI is InChI=1S/C18H22FNO/c1-5-20-11-14-10-15(19)7-9-16(14)17-8-6-12(2)13(3)18(17)21-4/h6-10,20H,5,11H2,1-4H3. The molecule has 2 rings (SSSR count). The van der Waals surface area contributed by atoms with E-state index in [1.54, 1.807) is 13.2 Å². The van der Waals surface area contributed by atoms with Crippen molar-refractivity contribution in [3.8, 4) is 16.9 Å². The molecule has 0 atom stereocenters. The van der Waals surface area contributed by atoms with Gasteiger partial charge in [-0.15, -0.1) is 0 Å². The molecule has 0 aromatic heterocycles. The maximum Gasteiger partial charge on any atom is 0.129 e. The summed E-state index contributed by atoms with van der Waals surface area (Å²) in [6, 6.07) is 9.04. The Morgan fingerprint density at radius 1 is 1.10 bits per heavy atom. The topological polar surface area (TPSA) is 21.3 Å². The molecule has 2 nitrogen and oxygen atoms in total. The number of benzene rings is 2. The second kappa shape index (κ2) is 6.72. The molecule has 1 N–H and O–H groups in total. The van der Waals surface area contributed by atoms with E-state index < -0.39 is 0 Å². The molecule has 0 spiro atoms. The minimum atomic E-state index is -0.213. The third-order valence-electron chi connectivity index (χ3n) is 3.80. The lowest BCUT2D eigenvalue weighted by Gasteiger charge is -2.17. The maximum atomic E-state index is 13.6. The van der Waals surface area contributed by atoms with Crippen molar-refractivity contribution in [1.29, 1.82) is 0 Å². The van der Waals surface area contributed by atoms with E-state index >= 15 is 0 Å². The van der Waals surface area contributed by atoms with E-state index in [1.165, 1.54) is 11.6 Å². The monoisotopic (exact) mass is 287 g/mol. The summed E-state index contributed by atoms with van der Waals surface area (Å²) in [7, 11) is 1.68. The van der Waals surface area contributed by atoms with Crippen molar-refractivity contribution in [1.82, 2.24) is 5.32 Å². The van der Waals surface area contributed by atoms with Crippen LogP contribution in [0.5, 0.6) is 5.75 Å². The van der Waals surface area contributed by atoms with E-state index in [2.05, 4.69) is 18.3 Å². The first kappa shape index (κ1) is 15.5. The van der Waals surface area contributed by atoms with Crippen molar-refractivity contribution in [3.05, 3.63) is 52.8 Å². The van der Waals surface area contributed by atoms with Crippen LogP contribution in [0.25, 0.3) is 11.1 Å². The van der Waals surface area contributed by atoms with E-state index in [9.17, 15) is 4.39 Å². The zero-order chi connectivity index (χ0) is 15.4. The van der Waals surface area contributed by atoms with Crippen molar-refractivity contribution >= 4 is 0 Å². The summed E-state index contributed by atoms with van der Waals surface area (Å²) in [5.74, 6) is 0.647. The maximum absolute atomic E-state index is 13.6.